The van der Waals surface area contributed by atoms with Crippen molar-refractivity contribution >= 4 is 17.9 Å². The zero-order chi connectivity index (χ0) is 30.4. The third-order valence-electron chi connectivity index (χ3n) is 7.36. The van der Waals surface area contributed by atoms with Gasteiger partial charge in [-0.1, -0.05) is 73.7 Å². The lowest BCUT2D eigenvalue weighted by Crippen LogP contribution is -2.54. The maximum Gasteiger partial charge on any atom is 0.408 e. The number of aryl methyl sites for hydroxylation is 1. The molecule has 4 atom stereocenters. The quantitative estimate of drug-likeness (QED) is 0.301. The van der Waals surface area contributed by atoms with Crippen LogP contribution in [0.4, 0.5) is 4.79 Å². The first-order valence-electron chi connectivity index (χ1n) is 14.4. The van der Waals surface area contributed by atoms with Crippen molar-refractivity contribution in [3.05, 3.63) is 101 Å². The first-order valence-corrected chi connectivity index (χ1v) is 14.4. The zero-order valence-electron chi connectivity index (χ0n) is 25.0. The molecular weight excluding hydrogens is 530 g/mol. The number of carbonyl (C=O) groups excluding carboxylic acids is 3. The summed E-state index contributed by atoms with van der Waals surface area (Å²) in [4.78, 5) is 43.2. The molecule has 3 aromatic carbocycles. The van der Waals surface area contributed by atoms with Crippen molar-refractivity contribution in [1.29, 1.82) is 0 Å². The van der Waals surface area contributed by atoms with Gasteiger partial charge in [0.05, 0.1) is 0 Å². The van der Waals surface area contributed by atoms with Gasteiger partial charge in [0.25, 0.3) is 0 Å². The van der Waals surface area contributed by atoms with Crippen molar-refractivity contribution in [2.24, 2.45) is 5.92 Å². The highest BCUT2D eigenvalue weighted by Crippen LogP contribution is 2.41. The summed E-state index contributed by atoms with van der Waals surface area (Å²) < 4.78 is 5.51. The number of phenols is 1. The standard InChI is InChI=1S/C34H41N3O5/c1-22-11-9-10-14-27(22)30(31(39)35-21-25-12-7-6-8-13-25)37(29-19-23(29)2)32(40)28(36-33(41)42-34(3,4)5)20-24-15-17-26(38)18-16-24/h6-18,23,28-30,38H,19-21H2,1-5H3,(H,35,39)(H,36,41). The molecule has 0 saturated heterocycles. The SMILES string of the molecule is Cc1ccccc1C(C(=O)NCc1ccccc1)N(C(=O)C(Cc1ccc(O)cc1)NC(=O)OC(C)(C)C)C1CC1C. The number of hydrogen-bond donors (Lipinski definition) is 3. The molecule has 0 spiro atoms. The number of aromatic hydroxyl groups is 1. The lowest BCUT2D eigenvalue weighted by Gasteiger charge is -2.35. The van der Waals surface area contributed by atoms with E-state index in [0.717, 1.165) is 28.7 Å². The van der Waals surface area contributed by atoms with Crippen LogP contribution in [-0.4, -0.2) is 45.6 Å². The second-order valence-electron chi connectivity index (χ2n) is 12.1. The third kappa shape index (κ3) is 8.12. The molecule has 0 aromatic heterocycles. The van der Waals surface area contributed by atoms with Crippen molar-refractivity contribution in [2.45, 2.75) is 77.7 Å². The molecule has 0 radical (unpaired) electrons. The lowest BCUT2D eigenvalue weighted by atomic mass is 9.96. The van der Waals surface area contributed by atoms with Crippen LogP contribution in [-0.2, 0) is 27.3 Å². The van der Waals surface area contributed by atoms with Crippen molar-refractivity contribution in [2.75, 3.05) is 0 Å². The molecule has 222 valence electrons. The normalized spacial score (nSPS) is 17.5. The Morgan fingerprint density at radius 3 is 2.17 bits per heavy atom. The summed E-state index contributed by atoms with van der Waals surface area (Å²) in [6.07, 6.45) is 0.185. The summed E-state index contributed by atoms with van der Waals surface area (Å²) in [6.45, 7) is 9.57. The van der Waals surface area contributed by atoms with E-state index in [1.807, 2.05) is 61.5 Å². The van der Waals surface area contributed by atoms with Crippen LogP contribution in [0.2, 0.25) is 0 Å². The molecule has 8 nitrogen and oxygen atoms in total. The minimum atomic E-state index is -1.01. The van der Waals surface area contributed by atoms with E-state index < -0.39 is 23.8 Å². The second kappa shape index (κ2) is 13.1. The minimum absolute atomic E-state index is 0.102. The van der Waals surface area contributed by atoms with Gasteiger partial charge in [-0.05, 0) is 74.4 Å². The number of nitrogens with zero attached hydrogens (tertiary/aromatic N) is 1. The van der Waals surface area contributed by atoms with Gasteiger partial charge in [0.15, 0.2) is 0 Å². The van der Waals surface area contributed by atoms with Crippen LogP contribution < -0.4 is 10.6 Å². The number of carbonyl (C=O) groups is 3. The molecule has 8 heteroatoms. The van der Waals surface area contributed by atoms with Gasteiger partial charge in [-0.15, -0.1) is 0 Å². The average Bonchev–Trinajstić information content (AvgIpc) is 3.66. The highest BCUT2D eigenvalue weighted by Gasteiger charge is 2.48. The van der Waals surface area contributed by atoms with Crippen molar-refractivity contribution < 1.29 is 24.2 Å². The highest BCUT2D eigenvalue weighted by atomic mass is 16.6. The minimum Gasteiger partial charge on any atom is -0.508 e. The summed E-state index contributed by atoms with van der Waals surface area (Å²) in [5.74, 6) is -0.365. The Labute approximate surface area is 248 Å². The fourth-order valence-electron chi connectivity index (χ4n) is 5.06. The number of alkyl carbamates (subject to hydrolysis) is 1. The topological polar surface area (TPSA) is 108 Å². The van der Waals surface area contributed by atoms with Gasteiger partial charge >= 0.3 is 6.09 Å². The Balaban J connectivity index is 1.71. The van der Waals surface area contributed by atoms with Crippen molar-refractivity contribution in [3.63, 3.8) is 0 Å². The van der Waals surface area contributed by atoms with E-state index >= 15 is 0 Å². The number of phenolic OH excluding ortho intramolecular Hbond substituents is 1. The fourth-order valence-corrected chi connectivity index (χ4v) is 5.06. The second-order valence-corrected chi connectivity index (χ2v) is 12.1. The Kier molecular flexibility index (Phi) is 9.55. The molecule has 4 unspecified atom stereocenters. The molecular formula is C34H41N3O5. The van der Waals surface area contributed by atoms with E-state index in [2.05, 4.69) is 17.6 Å². The molecule has 3 N–H and O–H groups in total. The van der Waals surface area contributed by atoms with Gasteiger partial charge in [-0.3, -0.25) is 9.59 Å². The molecule has 0 aliphatic heterocycles. The van der Waals surface area contributed by atoms with Gasteiger partial charge in [-0.25, -0.2) is 4.79 Å². The predicted octanol–water partition coefficient (Wildman–Crippen LogP) is 5.43. The van der Waals surface area contributed by atoms with Crippen LogP contribution in [0.3, 0.4) is 0 Å². The van der Waals surface area contributed by atoms with Crippen LogP contribution in [0.15, 0.2) is 78.9 Å². The molecule has 3 amide bonds. The van der Waals surface area contributed by atoms with E-state index in [4.69, 9.17) is 4.74 Å². The molecule has 4 rings (SSSR count). The number of ether oxygens (including phenoxy) is 1. The van der Waals surface area contributed by atoms with Gasteiger partial charge < -0.3 is 25.4 Å². The molecule has 1 fully saturated rings. The van der Waals surface area contributed by atoms with Crippen LogP contribution in [0.25, 0.3) is 0 Å². The summed E-state index contributed by atoms with van der Waals surface area (Å²) in [5.41, 5.74) is 2.55. The summed E-state index contributed by atoms with van der Waals surface area (Å²) in [6, 6.07) is 21.6. The lowest BCUT2D eigenvalue weighted by molar-refractivity contribution is -0.143. The molecule has 3 aromatic rings. The smallest absolute Gasteiger partial charge is 0.408 e. The Hall–Kier alpha value is -4.33. The monoisotopic (exact) mass is 571 g/mol. The van der Waals surface area contributed by atoms with E-state index in [1.165, 1.54) is 12.1 Å². The molecule has 1 saturated carbocycles. The molecule has 0 bridgehead atoms. The van der Waals surface area contributed by atoms with Gasteiger partial charge in [-0.2, -0.15) is 0 Å². The maximum atomic E-state index is 14.6. The number of rotatable bonds is 10. The van der Waals surface area contributed by atoms with Crippen LogP contribution in [0, 0.1) is 12.8 Å². The van der Waals surface area contributed by atoms with Gasteiger partial charge in [0, 0.05) is 19.0 Å². The Morgan fingerprint density at radius 2 is 1.57 bits per heavy atom. The number of hydrogen-bond acceptors (Lipinski definition) is 5. The fraction of sp³-hybridized carbons (Fsp3) is 0.382. The maximum absolute atomic E-state index is 14.6. The summed E-state index contributed by atoms with van der Waals surface area (Å²) >= 11 is 0. The van der Waals surface area contributed by atoms with E-state index in [1.54, 1.807) is 37.8 Å². The molecule has 0 heterocycles. The van der Waals surface area contributed by atoms with Crippen molar-refractivity contribution in [1.82, 2.24) is 15.5 Å². The predicted molar refractivity (Wildman–Crippen MR) is 162 cm³/mol. The number of amides is 3. The average molecular weight is 572 g/mol. The van der Waals surface area contributed by atoms with Crippen LogP contribution >= 0.6 is 0 Å². The Morgan fingerprint density at radius 1 is 0.952 bits per heavy atom. The van der Waals surface area contributed by atoms with Crippen LogP contribution in [0.1, 0.15) is 62.4 Å². The highest BCUT2D eigenvalue weighted by molar-refractivity contribution is 5.93. The van der Waals surface area contributed by atoms with Crippen molar-refractivity contribution in [3.8, 4) is 5.75 Å². The van der Waals surface area contributed by atoms with Gasteiger partial charge in [0.1, 0.15) is 23.4 Å². The molecule has 42 heavy (non-hydrogen) atoms. The van der Waals surface area contributed by atoms with Gasteiger partial charge in [0.2, 0.25) is 11.8 Å². The van der Waals surface area contributed by atoms with E-state index in [0.29, 0.717) is 6.54 Å². The Bertz CT molecular complexity index is 1380. The summed E-state index contributed by atoms with van der Waals surface area (Å²) in [7, 11) is 0. The summed E-state index contributed by atoms with van der Waals surface area (Å²) in [5, 5.41) is 15.6. The number of nitrogens with one attached hydrogen (secondary N) is 2. The number of benzene rings is 3. The zero-order valence-corrected chi connectivity index (χ0v) is 25.0. The van der Waals surface area contributed by atoms with E-state index in [-0.39, 0.29) is 35.9 Å². The first kappa shape index (κ1) is 30.6. The molecule has 1 aliphatic carbocycles. The third-order valence-corrected chi connectivity index (χ3v) is 7.36. The first-order chi connectivity index (χ1) is 19.9. The van der Waals surface area contributed by atoms with Crippen LogP contribution in [0.5, 0.6) is 5.75 Å². The largest absolute Gasteiger partial charge is 0.508 e. The molecule has 1 aliphatic rings. The van der Waals surface area contributed by atoms with E-state index in [9.17, 15) is 19.5 Å².